The molecule has 5 nitrogen and oxygen atoms in total. The number of anilines is 1. The molecular weight excluding hydrogens is 395 g/mol. The van der Waals surface area contributed by atoms with Crippen LogP contribution >= 0.6 is 0 Å². The summed E-state index contributed by atoms with van der Waals surface area (Å²) >= 11 is 0. The summed E-state index contributed by atoms with van der Waals surface area (Å²) in [6.45, 7) is 3.55. The SMILES string of the molecule is CC(C)(O)Cn1ccc(NC(=O)C(CC2CCCC2)c2cccc(C(F)(F)F)c2)n1. The number of hydrogen-bond donors (Lipinski definition) is 2. The van der Waals surface area contributed by atoms with E-state index in [9.17, 15) is 23.1 Å². The Morgan fingerprint density at radius 1 is 1.27 bits per heavy atom. The van der Waals surface area contributed by atoms with E-state index in [1.807, 2.05) is 0 Å². The number of carbonyl (C=O) groups is 1. The predicted octanol–water partition coefficient (Wildman–Crippen LogP) is 4.98. The van der Waals surface area contributed by atoms with Crippen LogP contribution in [0.15, 0.2) is 36.5 Å². The minimum atomic E-state index is -4.46. The van der Waals surface area contributed by atoms with Gasteiger partial charge >= 0.3 is 6.18 Å². The fraction of sp³-hybridized carbons (Fsp3) is 0.545. The van der Waals surface area contributed by atoms with Gasteiger partial charge in [0.2, 0.25) is 5.91 Å². The molecule has 2 N–H and O–H groups in total. The highest BCUT2D eigenvalue weighted by atomic mass is 19.4. The summed E-state index contributed by atoms with van der Waals surface area (Å²) in [4.78, 5) is 13.1. The molecule has 1 aliphatic rings. The number of rotatable bonds is 7. The van der Waals surface area contributed by atoms with Gasteiger partial charge in [-0.25, -0.2) is 0 Å². The monoisotopic (exact) mass is 423 g/mol. The molecule has 1 unspecified atom stereocenters. The molecule has 30 heavy (non-hydrogen) atoms. The summed E-state index contributed by atoms with van der Waals surface area (Å²) in [5, 5.41) is 16.9. The van der Waals surface area contributed by atoms with Crippen LogP contribution in [0.4, 0.5) is 19.0 Å². The Kier molecular flexibility index (Phi) is 6.55. The Morgan fingerprint density at radius 3 is 2.60 bits per heavy atom. The lowest BCUT2D eigenvalue weighted by molar-refractivity contribution is -0.137. The molecule has 8 heteroatoms. The maximum atomic E-state index is 13.2. The van der Waals surface area contributed by atoms with Crippen LogP contribution in [-0.4, -0.2) is 26.4 Å². The number of amides is 1. The first-order chi connectivity index (χ1) is 14.0. The van der Waals surface area contributed by atoms with Crippen LogP contribution < -0.4 is 5.32 Å². The number of hydrogen-bond acceptors (Lipinski definition) is 3. The number of aromatic nitrogens is 2. The van der Waals surface area contributed by atoms with Gasteiger partial charge in [0.05, 0.1) is 23.6 Å². The summed E-state index contributed by atoms with van der Waals surface area (Å²) in [5.74, 6) is -0.416. The van der Waals surface area contributed by atoms with Crippen molar-refractivity contribution in [3.63, 3.8) is 0 Å². The molecule has 1 aliphatic carbocycles. The first-order valence-corrected chi connectivity index (χ1v) is 10.2. The normalized spacial score (nSPS) is 16.6. The van der Waals surface area contributed by atoms with Gasteiger partial charge in [-0.2, -0.15) is 18.3 Å². The van der Waals surface area contributed by atoms with Gasteiger partial charge in [0.1, 0.15) is 0 Å². The molecule has 164 valence electrons. The number of alkyl halides is 3. The van der Waals surface area contributed by atoms with E-state index < -0.39 is 23.3 Å². The van der Waals surface area contributed by atoms with Gasteiger partial charge in [-0.1, -0.05) is 43.9 Å². The van der Waals surface area contributed by atoms with Gasteiger partial charge in [0, 0.05) is 12.3 Å². The number of benzene rings is 1. The number of aliphatic hydroxyl groups is 1. The number of nitrogens with one attached hydrogen (secondary N) is 1. The summed E-state index contributed by atoms with van der Waals surface area (Å²) in [7, 11) is 0. The van der Waals surface area contributed by atoms with Crippen molar-refractivity contribution >= 4 is 11.7 Å². The molecule has 1 saturated carbocycles. The summed E-state index contributed by atoms with van der Waals surface area (Å²) in [6.07, 6.45) is 1.85. The van der Waals surface area contributed by atoms with Gasteiger partial charge in [-0.05, 0) is 37.8 Å². The van der Waals surface area contributed by atoms with Crippen molar-refractivity contribution < 1.29 is 23.1 Å². The second-order valence-corrected chi connectivity index (χ2v) is 8.76. The van der Waals surface area contributed by atoms with Crippen molar-refractivity contribution in [2.45, 2.75) is 70.2 Å². The molecule has 0 radical (unpaired) electrons. The smallest absolute Gasteiger partial charge is 0.389 e. The third kappa shape index (κ3) is 6.08. The topological polar surface area (TPSA) is 67.2 Å². The lowest BCUT2D eigenvalue weighted by Crippen LogP contribution is -2.27. The molecule has 1 aromatic heterocycles. The van der Waals surface area contributed by atoms with Crippen molar-refractivity contribution in [3.8, 4) is 0 Å². The molecule has 0 spiro atoms. The van der Waals surface area contributed by atoms with Gasteiger partial charge in [-0.15, -0.1) is 0 Å². The average Bonchev–Trinajstić information content (AvgIpc) is 3.29. The lowest BCUT2D eigenvalue weighted by Gasteiger charge is -2.21. The van der Waals surface area contributed by atoms with Crippen molar-refractivity contribution in [2.75, 3.05) is 5.32 Å². The zero-order chi connectivity index (χ0) is 21.9. The Morgan fingerprint density at radius 2 is 1.97 bits per heavy atom. The minimum absolute atomic E-state index is 0.252. The van der Waals surface area contributed by atoms with Crippen LogP contribution in [0.5, 0.6) is 0 Å². The quantitative estimate of drug-likeness (QED) is 0.660. The Hall–Kier alpha value is -2.35. The van der Waals surface area contributed by atoms with E-state index in [1.54, 1.807) is 32.2 Å². The molecule has 3 rings (SSSR count). The molecule has 0 bridgehead atoms. The standard InChI is InChI=1S/C22H28F3N3O2/c1-21(2,30)14-28-11-10-19(27-28)26-20(29)18(12-15-6-3-4-7-15)16-8-5-9-17(13-16)22(23,24)25/h5,8-11,13,15,18,30H,3-4,6-7,12,14H2,1-2H3,(H,26,27,29). The largest absolute Gasteiger partial charge is 0.416 e. The molecule has 1 amide bonds. The third-order valence-electron chi connectivity index (χ3n) is 5.42. The number of carbonyl (C=O) groups excluding carboxylic acids is 1. The molecule has 2 aromatic rings. The molecule has 1 atom stereocenters. The molecule has 1 aromatic carbocycles. The zero-order valence-electron chi connectivity index (χ0n) is 17.2. The van der Waals surface area contributed by atoms with E-state index in [-0.39, 0.29) is 12.5 Å². The second kappa shape index (κ2) is 8.79. The first-order valence-electron chi connectivity index (χ1n) is 10.2. The van der Waals surface area contributed by atoms with Gasteiger partial charge < -0.3 is 10.4 Å². The van der Waals surface area contributed by atoms with Crippen molar-refractivity contribution in [2.24, 2.45) is 5.92 Å². The highest BCUT2D eigenvalue weighted by molar-refractivity contribution is 5.95. The summed E-state index contributed by atoms with van der Waals surface area (Å²) < 4.78 is 41.1. The van der Waals surface area contributed by atoms with Crippen molar-refractivity contribution in [3.05, 3.63) is 47.7 Å². The average molecular weight is 423 g/mol. The fourth-order valence-corrected chi connectivity index (χ4v) is 4.03. The maximum Gasteiger partial charge on any atom is 0.416 e. The van der Waals surface area contributed by atoms with E-state index in [2.05, 4.69) is 10.4 Å². The second-order valence-electron chi connectivity index (χ2n) is 8.76. The third-order valence-corrected chi connectivity index (χ3v) is 5.42. The van der Waals surface area contributed by atoms with Crippen LogP contribution in [0, 0.1) is 5.92 Å². The minimum Gasteiger partial charge on any atom is -0.389 e. The molecule has 1 fully saturated rings. The van der Waals surface area contributed by atoms with Gasteiger partial charge in [0.15, 0.2) is 5.82 Å². The van der Waals surface area contributed by atoms with E-state index in [1.165, 1.54) is 10.7 Å². The summed E-state index contributed by atoms with van der Waals surface area (Å²) in [5.41, 5.74) is -1.35. The van der Waals surface area contributed by atoms with Crippen LogP contribution in [0.1, 0.15) is 63.0 Å². The van der Waals surface area contributed by atoms with Crippen LogP contribution in [-0.2, 0) is 17.5 Å². The Labute approximate surface area is 174 Å². The van der Waals surface area contributed by atoms with Crippen molar-refractivity contribution in [1.82, 2.24) is 9.78 Å². The van der Waals surface area contributed by atoms with E-state index in [0.29, 0.717) is 23.7 Å². The zero-order valence-corrected chi connectivity index (χ0v) is 17.2. The molecule has 1 heterocycles. The highest BCUT2D eigenvalue weighted by Gasteiger charge is 2.33. The van der Waals surface area contributed by atoms with Crippen LogP contribution in [0.25, 0.3) is 0 Å². The highest BCUT2D eigenvalue weighted by Crippen LogP contribution is 2.37. The molecular formula is C22H28F3N3O2. The van der Waals surface area contributed by atoms with Crippen molar-refractivity contribution in [1.29, 1.82) is 0 Å². The Balaban J connectivity index is 1.81. The molecule has 0 saturated heterocycles. The van der Waals surface area contributed by atoms with Gasteiger partial charge in [-0.3, -0.25) is 9.48 Å². The number of nitrogens with zero attached hydrogens (tertiary/aromatic N) is 2. The lowest BCUT2D eigenvalue weighted by atomic mass is 9.86. The van der Waals surface area contributed by atoms with Gasteiger partial charge in [0.25, 0.3) is 0 Å². The Bertz CT molecular complexity index is 865. The van der Waals surface area contributed by atoms with E-state index in [4.69, 9.17) is 0 Å². The van der Waals surface area contributed by atoms with E-state index >= 15 is 0 Å². The van der Waals surface area contributed by atoms with E-state index in [0.717, 1.165) is 37.8 Å². The van der Waals surface area contributed by atoms with Crippen LogP contribution in [0.2, 0.25) is 0 Å². The fourth-order valence-electron chi connectivity index (χ4n) is 4.03. The first kappa shape index (κ1) is 22.3. The predicted molar refractivity (Wildman–Crippen MR) is 108 cm³/mol. The maximum absolute atomic E-state index is 13.2. The molecule has 0 aliphatic heterocycles. The van der Waals surface area contributed by atoms with Crippen LogP contribution in [0.3, 0.4) is 0 Å². The summed E-state index contributed by atoms with van der Waals surface area (Å²) in [6, 6.07) is 6.65. The number of halogens is 3.